The summed E-state index contributed by atoms with van der Waals surface area (Å²) in [6.45, 7) is 0. The van der Waals surface area contributed by atoms with E-state index in [1.165, 1.54) is 18.2 Å². The van der Waals surface area contributed by atoms with Crippen LogP contribution in [0.15, 0.2) is 49.8 Å². The van der Waals surface area contributed by atoms with E-state index in [1.54, 1.807) is 12.1 Å². The van der Waals surface area contributed by atoms with Crippen LogP contribution in [0.1, 0.15) is 15.9 Å². The highest BCUT2D eigenvalue weighted by molar-refractivity contribution is 9.11. The number of ketones is 1. The highest BCUT2D eigenvalue weighted by Crippen LogP contribution is 2.25. The van der Waals surface area contributed by atoms with Crippen LogP contribution in [0.2, 0.25) is 0 Å². The van der Waals surface area contributed by atoms with Crippen molar-refractivity contribution in [3.63, 3.8) is 0 Å². The van der Waals surface area contributed by atoms with Crippen molar-refractivity contribution in [1.29, 1.82) is 0 Å². The summed E-state index contributed by atoms with van der Waals surface area (Å²) in [5, 5.41) is 0. The van der Waals surface area contributed by atoms with Gasteiger partial charge in [-0.1, -0.05) is 31.9 Å². The van der Waals surface area contributed by atoms with Crippen LogP contribution in [0.4, 0.5) is 4.39 Å². The van der Waals surface area contributed by atoms with Crippen LogP contribution in [0.25, 0.3) is 0 Å². The van der Waals surface area contributed by atoms with Crippen molar-refractivity contribution in [3.05, 3.63) is 66.8 Å². The fourth-order valence-electron chi connectivity index (χ4n) is 1.46. The van der Waals surface area contributed by atoms with Crippen molar-refractivity contribution in [2.75, 3.05) is 0 Å². The van der Waals surface area contributed by atoms with Crippen LogP contribution < -0.4 is 0 Å². The molecule has 92 valence electrons. The van der Waals surface area contributed by atoms with E-state index in [0.717, 1.165) is 4.47 Å². The number of carbonyl (C=O) groups is 1. The topological polar surface area (TPSA) is 17.1 Å². The Labute approximate surface area is 129 Å². The molecule has 0 saturated carbocycles. The Hall–Kier alpha value is -0.520. The molecule has 0 radical (unpaired) electrons. The van der Waals surface area contributed by atoms with Crippen molar-refractivity contribution in [2.24, 2.45) is 0 Å². The average Bonchev–Trinajstić information content (AvgIpc) is 2.35. The summed E-state index contributed by atoms with van der Waals surface area (Å²) in [7, 11) is 0. The van der Waals surface area contributed by atoms with Gasteiger partial charge >= 0.3 is 0 Å². The molecule has 0 heterocycles. The number of hydrogen-bond acceptors (Lipinski definition) is 1. The van der Waals surface area contributed by atoms with E-state index in [4.69, 9.17) is 0 Å². The SMILES string of the molecule is O=C(c1ccc(F)c(Br)c1)c1cc(Br)ccc1Br. The first-order valence-corrected chi connectivity index (χ1v) is 7.32. The third kappa shape index (κ3) is 2.90. The van der Waals surface area contributed by atoms with Crippen molar-refractivity contribution < 1.29 is 9.18 Å². The predicted molar refractivity (Wildman–Crippen MR) is 79.4 cm³/mol. The summed E-state index contributed by atoms with van der Waals surface area (Å²) in [4.78, 5) is 12.3. The molecular formula is C13H6Br3FO. The molecule has 0 fully saturated rings. The molecule has 0 unspecified atom stereocenters. The lowest BCUT2D eigenvalue weighted by Gasteiger charge is -2.05. The Balaban J connectivity index is 2.47. The molecule has 0 saturated heterocycles. The summed E-state index contributed by atoms with van der Waals surface area (Å²) in [6.07, 6.45) is 0. The van der Waals surface area contributed by atoms with Crippen LogP contribution in [0, 0.1) is 5.82 Å². The molecule has 0 spiro atoms. The maximum Gasteiger partial charge on any atom is 0.194 e. The molecule has 2 aromatic carbocycles. The molecule has 0 N–H and O–H groups in total. The lowest BCUT2D eigenvalue weighted by atomic mass is 10.0. The second kappa shape index (κ2) is 5.63. The zero-order valence-corrected chi connectivity index (χ0v) is 13.6. The van der Waals surface area contributed by atoms with E-state index in [9.17, 15) is 9.18 Å². The molecule has 0 aliphatic carbocycles. The largest absolute Gasteiger partial charge is 0.289 e. The minimum Gasteiger partial charge on any atom is -0.289 e. The summed E-state index contributed by atoms with van der Waals surface area (Å²) in [6, 6.07) is 9.56. The van der Waals surface area contributed by atoms with Gasteiger partial charge < -0.3 is 0 Å². The summed E-state index contributed by atoms with van der Waals surface area (Å²) >= 11 is 9.73. The van der Waals surface area contributed by atoms with Gasteiger partial charge in [-0.3, -0.25) is 4.79 Å². The zero-order chi connectivity index (χ0) is 13.3. The second-order valence-corrected chi connectivity index (χ2v) is 6.21. The smallest absolute Gasteiger partial charge is 0.194 e. The summed E-state index contributed by atoms with van der Waals surface area (Å²) < 4.78 is 14.9. The quantitative estimate of drug-likeness (QED) is 0.580. The van der Waals surface area contributed by atoms with Crippen LogP contribution in [0.5, 0.6) is 0 Å². The Morgan fingerprint density at radius 3 is 2.33 bits per heavy atom. The number of carbonyl (C=O) groups excluding carboxylic acids is 1. The minimum atomic E-state index is -0.389. The van der Waals surface area contributed by atoms with Crippen molar-refractivity contribution >= 4 is 53.6 Å². The first-order valence-electron chi connectivity index (χ1n) is 4.94. The fraction of sp³-hybridized carbons (Fsp3) is 0. The first-order chi connectivity index (χ1) is 8.49. The molecule has 0 aliphatic rings. The molecule has 0 aromatic heterocycles. The molecule has 0 bridgehead atoms. The van der Waals surface area contributed by atoms with Crippen molar-refractivity contribution in [1.82, 2.24) is 0 Å². The average molecular weight is 437 g/mol. The molecule has 2 rings (SSSR count). The van der Waals surface area contributed by atoms with Crippen LogP contribution in [-0.4, -0.2) is 5.78 Å². The normalized spacial score (nSPS) is 10.4. The lowest BCUT2D eigenvalue weighted by Crippen LogP contribution is -2.02. The maximum atomic E-state index is 13.1. The Morgan fingerprint density at radius 2 is 1.67 bits per heavy atom. The highest BCUT2D eigenvalue weighted by Gasteiger charge is 2.14. The van der Waals surface area contributed by atoms with Crippen LogP contribution in [0.3, 0.4) is 0 Å². The Bertz CT molecular complexity index is 626. The van der Waals surface area contributed by atoms with E-state index < -0.39 is 0 Å². The van der Waals surface area contributed by atoms with Gasteiger partial charge in [-0.2, -0.15) is 0 Å². The van der Waals surface area contributed by atoms with Crippen LogP contribution >= 0.6 is 47.8 Å². The van der Waals surface area contributed by atoms with Gasteiger partial charge in [0, 0.05) is 20.1 Å². The molecule has 0 aliphatic heterocycles. The van der Waals surface area contributed by atoms with Gasteiger partial charge in [0.15, 0.2) is 5.78 Å². The van der Waals surface area contributed by atoms with Gasteiger partial charge in [0.05, 0.1) is 4.47 Å². The molecule has 0 atom stereocenters. The van der Waals surface area contributed by atoms with Gasteiger partial charge in [0.25, 0.3) is 0 Å². The number of benzene rings is 2. The summed E-state index contributed by atoms with van der Waals surface area (Å²) in [5.41, 5.74) is 0.963. The second-order valence-electron chi connectivity index (χ2n) is 3.58. The minimum absolute atomic E-state index is 0.163. The van der Waals surface area contributed by atoms with E-state index in [0.29, 0.717) is 15.6 Å². The van der Waals surface area contributed by atoms with E-state index in [1.807, 2.05) is 6.07 Å². The summed E-state index contributed by atoms with van der Waals surface area (Å²) in [5.74, 6) is -0.552. The zero-order valence-electron chi connectivity index (χ0n) is 8.88. The molecule has 18 heavy (non-hydrogen) atoms. The molecule has 5 heteroatoms. The lowest BCUT2D eigenvalue weighted by molar-refractivity contribution is 0.103. The van der Waals surface area contributed by atoms with Crippen molar-refractivity contribution in [2.45, 2.75) is 0 Å². The van der Waals surface area contributed by atoms with E-state index in [-0.39, 0.29) is 16.1 Å². The number of rotatable bonds is 2. The van der Waals surface area contributed by atoms with Crippen LogP contribution in [-0.2, 0) is 0 Å². The number of hydrogen-bond donors (Lipinski definition) is 0. The third-order valence-electron chi connectivity index (χ3n) is 2.35. The van der Waals surface area contributed by atoms with E-state index >= 15 is 0 Å². The first kappa shape index (κ1) is 13.9. The van der Waals surface area contributed by atoms with Gasteiger partial charge in [-0.05, 0) is 52.3 Å². The predicted octanol–water partition coefficient (Wildman–Crippen LogP) is 5.34. The molecular weight excluding hydrogens is 431 g/mol. The Morgan fingerprint density at radius 1 is 0.944 bits per heavy atom. The van der Waals surface area contributed by atoms with Gasteiger partial charge in [0.1, 0.15) is 5.82 Å². The number of halogens is 4. The monoisotopic (exact) mass is 434 g/mol. The fourth-order valence-corrected chi connectivity index (χ4v) is 2.63. The highest BCUT2D eigenvalue weighted by atomic mass is 79.9. The standard InChI is InChI=1S/C13H6Br3FO/c14-8-2-3-10(15)9(6-8)13(18)7-1-4-12(17)11(16)5-7/h1-6H. The molecule has 0 amide bonds. The van der Waals surface area contributed by atoms with E-state index in [2.05, 4.69) is 47.8 Å². The Kier molecular flexibility index (Phi) is 4.35. The van der Waals surface area contributed by atoms with Gasteiger partial charge in [0.2, 0.25) is 0 Å². The maximum absolute atomic E-state index is 13.1. The third-order valence-corrected chi connectivity index (χ3v) is 4.15. The molecule has 2 aromatic rings. The van der Waals surface area contributed by atoms with Gasteiger partial charge in [-0.25, -0.2) is 4.39 Å². The van der Waals surface area contributed by atoms with Gasteiger partial charge in [-0.15, -0.1) is 0 Å². The molecule has 1 nitrogen and oxygen atoms in total. The van der Waals surface area contributed by atoms with Crippen molar-refractivity contribution in [3.8, 4) is 0 Å².